The minimum absolute atomic E-state index is 0.108. The van der Waals surface area contributed by atoms with Gasteiger partial charge in [-0.3, -0.25) is 4.79 Å². The van der Waals surface area contributed by atoms with Crippen molar-refractivity contribution in [3.63, 3.8) is 0 Å². The highest BCUT2D eigenvalue weighted by Crippen LogP contribution is 2.29. The van der Waals surface area contributed by atoms with Gasteiger partial charge in [-0.15, -0.1) is 0 Å². The number of rotatable bonds is 9. The van der Waals surface area contributed by atoms with Gasteiger partial charge in [-0.05, 0) is 41.5 Å². The van der Waals surface area contributed by atoms with Crippen molar-refractivity contribution in [3.8, 4) is 11.5 Å². The standard InChI is InChI=1S/C25H27FN2O5S/c1-27(16-19-10-12-22(32-3)21(26)14-19)25(29)20-11-13-23(33-4)24(15-20)34(30,31)28(2)17-18-8-6-5-7-9-18/h5-15H,16-17H2,1-4H3. The van der Waals surface area contributed by atoms with Gasteiger partial charge < -0.3 is 14.4 Å². The molecule has 0 saturated heterocycles. The van der Waals surface area contributed by atoms with E-state index in [-0.39, 0.29) is 35.0 Å². The van der Waals surface area contributed by atoms with E-state index in [1.165, 1.54) is 60.8 Å². The van der Waals surface area contributed by atoms with Gasteiger partial charge in [0.2, 0.25) is 10.0 Å². The average molecular weight is 487 g/mol. The lowest BCUT2D eigenvalue weighted by Crippen LogP contribution is -2.29. The Morgan fingerprint density at radius 2 is 1.50 bits per heavy atom. The number of sulfonamides is 1. The van der Waals surface area contributed by atoms with Crippen molar-refractivity contribution < 1.29 is 27.1 Å². The van der Waals surface area contributed by atoms with Crippen molar-refractivity contribution in [1.29, 1.82) is 0 Å². The third-order valence-corrected chi connectivity index (χ3v) is 7.15. The molecular formula is C25H27FN2O5S. The third-order valence-electron chi connectivity index (χ3n) is 5.33. The second-order valence-corrected chi connectivity index (χ2v) is 9.76. The van der Waals surface area contributed by atoms with Crippen LogP contribution in [0.5, 0.6) is 11.5 Å². The first-order valence-corrected chi connectivity index (χ1v) is 11.9. The highest BCUT2D eigenvalue weighted by Gasteiger charge is 2.27. The van der Waals surface area contributed by atoms with Crippen molar-refractivity contribution in [2.24, 2.45) is 0 Å². The SMILES string of the molecule is COc1ccc(CN(C)C(=O)c2ccc(OC)c(S(=O)(=O)N(C)Cc3ccccc3)c2)cc1F. The van der Waals surface area contributed by atoms with Gasteiger partial charge in [0.25, 0.3) is 5.91 Å². The van der Waals surface area contributed by atoms with Crippen molar-refractivity contribution in [3.05, 3.63) is 89.2 Å². The molecule has 0 fully saturated rings. The Labute approximate surface area is 199 Å². The Kier molecular flexibility index (Phi) is 7.90. The van der Waals surface area contributed by atoms with Gasteiger partial charge in [-0.2, -0.15) is 4.31 Å². The molecule has 3 aromatic carbocycles. The zero-order valence-electron chi connectivity index (χ0n) is 19.5. The number of amides is 1. The Balaban J connectivity index is 1.86. The Morgan fingerprint density at radius 1 is 0.853 bits per heavy atom. The molecule has 0 heterocycles. The maximum Gasteiger partial charge on any atom is 0.253 e. The molecule has 0 N–H and O–H groups in total. The summed E-state index contributed by atoms with van der Waals surface area (Å²) in [5, 5.41) is 0. The van der Waals surface area contributed by atoms with E-state index < -0.39 is 21.7 Å². The fraction of sp³-hybridized carbons (Fsp3) is 0.240. The van der Waals surface area contributed by atoms with E-state index in [0.29, 0.717) is 5.56 Å². The second-order valence-electron chi connectivity index (χ2n) is 7.74. The lowest BCUT2D eigenvalue weighted by atomic mass is 10.1. The van der Waals surface area contributed by atoms with Gasteiger partial charge in [0, 0.05) is 32.7 Å². The first-order chi connectivity index (χ1) is 16.2. The average Bonchev–Trinajstić information content (AvgIpc) is 2.83. The lowest BCUT2D eigenvalue weighted by Gasteiger charge is -2.21. The maximum absolute atomic E-state index is 14.0. The molecule has 0 aromatic heterocycles. The van der Waals surface area contributed by atoms with Crippen molar-refractivity contribution in [2.75, 3.05) is 28.3 Å². The molecular weight excluding hydrogens is 459 g/mol. The summed E-state index contributed by atoms with van der Waals surface area (Å²) in [5.41, 5.74) is 1.56. The van der Waals surface area contributed by atoms with Gasteiger partial charge in [-0.25, -0.2) is 12.8 Å². The van der Waals surface area contributed by atoms with Crippen LogP contribution in [0.15, 0.2) is 71.6 Å². The third kappa shape index (κ3) is 5.55. The minimum atomic E-state index is -3.96. The maximum atomic E-state index is 14.0. The lowest BCUT2D eigenvalue weighted by molar-refractivity contribution is 0.0784. The van der Waals surface area contributed by atoms with Crippen LogP contribution in [0.2, 0.25) is 0 Å². The number of methoxy groups -OCH3 is 2. The van der Waals surface area contributed by atoms with E-state index in [2.05, 4.69) is 0 Å². The summed E-state index contributed by atoms with van der Waals surface area (Å²) < 4.78 is 52.0. The fourth-order valence-electron chi connectivity index (χ4n) is 3.48. The van der Waals surface area contributed by atoms with E-state index in [4.69, 9.17) is 9.47 Å². The van der Waals surface area contributed by atoms with Crippen LogP contribution in [0.4, 0.5) is 4.39 Å². The van der Waals surface area contributed by atoms with E-state index in [0.717, 1.165) is 5.56 Å². The molecule has 3 rings (SSSR count). The topological polar surface area (TPSA) is 76.1 Å². The Morgan fingerprint density at radius 3 is 2.12 bits per heavy atom. The first-order valence-electron chi connectivity index (χ1n) is 10.4. The highest BCUT2D eigenvalue weighted by molar-refractivity contribution is 7.89. The predicted molar refractivity (Wildman–Crippen MR) is 127 cm³/mol. The molecule has 1 amide bonds. The largest absolute Gasteiger partial charge is 0.495 e. The Hall–Kier alpha value is -3.43. The number of nitrogens with zero attached hydrogens (tertiary/aromatic N) is 2. The van der Waals surface area contributed by atoms with Crippen LogP contribution in [-0.2, 0) is 23.1 Å². The quantitative estimate of drug-likeness (QED) is 0.458. The zero-order chi connectivity index (χ0) is 24.9. The van der Waals surface area contributed by atoms with E-state index >= 15 is 0 Å². The monoisotopic (exact) mass is 486 g/mol. The summed E-state index contributed by atoms with van der Waals surface area (Å²) in [6.45, 7) is 0.287. The highest BCUT2D eigenvalue weighted by atomic mass is 32.2. The molecule has 0 atom stereocenters. The first kappa shape index (κ1) is 25.2. The summed E-state index contributed by atoms with van der Waals surface area (Å²) in [6.07, 6.45) is 0. The Bertz CT molecular complexity index is 1270. The van der Waals surface area contributed by atoms with Gasteiger partial charge in [0.05, 0.1) is 14.2 Å². The molecule has 0 aliphatic carbocycles. The van der Waals surface area contributed by atoms with Crippen LogP contribution < -0.4 is 9.47 Å². The number of ether oxygens (including phenoxy) is 2. The summed E-state index contributed by atoms with van der Waals surface area (Å²) in [7, 11) is 1.82. The van der Waals surface area contributed by atoms with Crippen LogP contribution in [0.1, 0.15) is 21.5 Å². The van der Waals surface area contributed by atoms with Gasteiger partial charge >= 0.3 is 0 Å². The molecule has 0 aliphatic heterocycles. The molecule has 9 heteroatoms. The van der Waals surface area contributed by atoms with E-state index in [1.54, 1.807) is 13.1 Å². The molecule has 0 bridgehead atoms. The van der Waals surface area contributed by atoms with Crippen LogP contribution in [0.25, 0.3) is 0 Å². The number of halogens is 1. The number of hydrogen-bond donors (Lipinski definition) is 0. The molecule has 0 aliphatic rings. The number of carbonyl (C=O) groups is 1. The van der Waals surface area contributed by atoms with Gasteiger partial charge in [-0.1, -0.05) is 36.4 Å². The summed E-state index contributed by atoms with van der Waals surface area (Å²) in [4.78, 5) is 14.3. The summed E-state index contributed by atoms with van der Waals surface area (Å²) in [6, 6.07) is 17.9. The smallest absolute Gasteiger partial charge is 0.253 e. The molecule has 180 valence electrons. The van der Waals surface area contributed by atoms with Crippen LogP contribution in [0.3, 0.4) is 0 Å². The number of carbonyl (C=O) groups excluding carboxylic acids is 1. The van der Waals surface area contributed by atoms with E-state index in [9.17, 15) is 17.6 Å². The van der Waals surface area contributed by atoms with Gasteiger partial charge in [0.1, 0.15) is 10.6 Å². The summed E-state index contributed by atoms with van der Waals surface area (Å²) in [5.74, 6) is -0.695. The molecule has 7 nitrogen and oxygen atoms in total. The molecule has 3 aromatic rings. The second kappa shape index (κ2) is 10.7. The van der Waals surface area contributed by atoms with Crippen LogP contribution in [-0.4, -0.2) is 51.8 Å². The molecule has 0 radical (unpaired) electrons. The van der Waals surface area contributed by atoms with Gasteiger partial charge in [0.15, 0.2) is 11.6 Å². The van der Waals surface area contributed by atoms with Crippen LogP contribution >= 0.6 is 0 Å². The zero-order valence-corrected chi connectivity index (χ0v) is 20.3. The molecule has 0 spiro atoms. The van der Waals surface area contributed by atoms with Crippen LogP contribution in [0, 0.1) is 5.82 Å². The van der Waals surface area contributed by atoms with E-state index in [1.807, 2.05) is 30.3 Å². The normalized spacial score (nSPS) is 11.4. The molecule has 0 saturated carbocycles. The molecule has 0 unspecified atom stereocenters. The molecule has 34 heavy (non-hydrogen) atoms. The van der Waals surface area contributed by atoms with Crippen molar-refractivity contribution in [2.45, 2.75) is 18.0 Å². The predicted octanol–water partition coefficient (Wildman–Crippen LogP) is 3.94. The van der Waals surface area contributed by atoms with Crippen molar-refractivity contribution in [1.82, 2.24) is 9.21 Å². The van der Waals surface area contributed by atoms with Crippen molar-refractivity contribution >= 4 is 15.9 Å². The number of hydrogen-bond acceptors (Lipinski definition) is 5. The summed E-state index contributed by atoms with van der Waals surface area (Å²) >= 11 is 0. The number of benzene rings is 3. The fourth-order valence-corrected chi connectivity index (χ4v) is 4.82. The minimum Gasteiger partial charge on any atom is -0.495 e.